The monoisotopic (exact) mass is 352 g/mol. The van der Waals surface area contributed by atoms with Crippen LogP contribution in [-0.2, 0) is 0 Å². The zero-order valence-electron chi connectivity index (χ0n) is 12.3. The minimum Gasteiger partial charge on any atom is -0.313 e. The second-order valence-electron chi connectivity index (χ2n) is 5.55. The number of rotatable bonds is 3. The van der Waals surface area contributed by atoms with Gasteiger partial charge < -0.3 is 5.32 Å². The molecule has 5 heteroatoms. The fourth-order valence-electron chi connectivity index (χ4n) is 3.26. The normalized spacial score (nSPS) is 20.7. The molecule has 0 aliphatic heterocycles. The first-order chi connectivity index (χ1) is 10.6. The van der Waals surface area contributed by atoms with E-state index in [4.69, 9.17) is 28.3 Å². The highest BCUT2D eigenvalue weighted by molar-refractivity contribution is 7.97. The SMILES string of the molecule is CNC1CCC(c2ccc(Cl)c(Cl)c2)c2ccc(SN)cc21. The van der Waals surface area contributed by atoms with Gasteiger partial charge in [-0.15, -0.1) is 0 Å². The summed E-state index contributed by atoms with van der Waals surface area (Å²) in [5.74, 6) is 0.353. The lowest BCUT2D eigenvalue weighted by atomic mass is 9.77. The summed E-state index contributed by atoms with van der Waals surface area (Å²) in [6.45, 7) is 0. The van der Waals surface area contributed by atoms with Crippen molar-refractivity contribution >= 4 is 35.1 Å². The molecule has 2 aromatic rings. The van der Waals surface area contributed by atoms with Crippen molar-refractivity contribution < 1.29 is 0 Å². The summed E-state index contributed by atoms with van der Waals surface area (Å²) in [5.41, 5.74) is 3.90. The van der Waals surface area contributed by atoms with E-state index in [1.807, 2.05) is 19.2 Å². The predicted octanol–water partition coefficient (Wildman–Crippen LogP) is 5.15. The zero-order chi connectivity index (χ0) is 15.7. The van der Waals surface area contributed by atoms with Gasteiger partial charge in [-0.25, -0.2) is 0 Å². The molecule has 1 aliphatic rings. The number of hydrogen-bond acceptors (Lipinski definition) is 3. The van der Waals surface area contributed by atoms with Crippen molar-refractivity contribution in [2.45, 2.75) is 29.7 Å². The Kier molecular flexibility index (Phi) is 5.00. The van der Waals surface area contributed by atoms with Crippen LogP contribution in [0.2, 0.25) is 10.0 Å². The second kappa shape index (κ2) is 6.81. The van der Waals surface area contributed by atoms with Gasteiger partial charge in [-0.3, -0.25) is 5.14 Å². The van der Waals surface area contributed by atoms with E-state index in [0.29, 0.717) is 22.0 Å². The van der Waals surface area contributed by atoms with Gasteiger partial charge in [-0.05, 0) is 72.8 Å². The summed E-state index contributed by atoms with van der Waals surface area (Å²) in [5, 5.41) is 10.3. The Morgan fingerprint density at radius 1 is 1.05 bits per heavy atom. The molecule has 0 radical (unpaired) electrons. The molecule has 1 aliphatic carbocycles. The quantitative estimate of drug-likeness (QED) is 0.750. The molecule has 0 bridgehead atoms. The fraction of sp³-hybridized carbons (Fsp3) is 0.294. The van der Waals surface area contributed by atoms with E-state index in [1.54, 1.807) is 0 Å². The molecule has 116 valence electrons. The van der Waals surface area contributed by atoms with Crippen LogP contribution >= 0.6 is 35.1 Å². The maximum Gasteiger partial charge on any atom is 0.0595 e. The highest BCUT2D eigenvalue weighted by atomic mass is 35.5. The summed E-state index contributed by atoms with van der Waals surface area (Å²) in [6.07, 6.45) is 2.18. The maximum absolute atomic E-state index is 6.20. The third-order valence-electron chi connectivity index (χ3n) is 4.38. The summed E-state index contributed by atoms with van der Waals surface area (Å²) in [6, 6.07) is 12.8. The fourth-order valence-corrected chi connectivity index (χ4v) is 3.91. The predicted molar refractivity (Wildman–Crippen MR) is 95.8 cm³/mol. The molecular weight excluding hydrogens is 335 g/mol. The molecule has 2 atom stereocenters. The van der Waals surface area contributed by atoms with Gasteiger partial charge in [0.2, 0.25) is 0 Å². The van der Waals surface area contributed by atoms with Gasteiger partial charge in [0, 0.05) is 16.9 Å². The maximum atomic E-state index is 6.20. The first kappa shape index (κ1) is 16.2. The Morgan fingerprint density at radius 3 is 2.55 bits per heavy atom. The van der Waals surface area contributed by atoms with E-state index >= 15 is 0 Å². The lowest BCUT2D eigenvalue weighted by molar-refractivity contribution is 0.470. The van der Waals surface area contributed by atoms with Crippen LogP contribution < -0.4 is 10.5 Å². The van der Waals surface area contributed by atoms with Crippen LogP contribution in [0, 0.1) is 0 Å². The number of fused-ring (bicyclic) bond motifs is 1. The molecule has 0 saturated carbocycles. The van der Waals surface area contributed by atoms with Crippen molar-refractivity contribution in [2.24, 2.45) is 5.14 Å². The molecule has 2 aromatic carbocycles. The van der Waals surface area contributed by atoms with Crippen LogP contribution in [0.1, 0.15) is 41.5 Å². The number of benzene rings is 2. The Balaban J connectivity index is 2.06. The first-order valence-corrected chi connectivity index (χ1v) is 8.90. The summed E-state index contributed by atoms with van der Waals surface area (Å²) in [7, 11) is 2.01. The lowest BCUT2D eigenvalue weighted by Crippen LogP contribution is -2.24. The molecule has 22 heavy (non-hydrogen) atoms. The zero-order valence-corrected chi connectivity index (χ0v) is 14.6. The molecule has 0 fully saturated rings. The van der Waals surface area contributed by atoms with Gasteiger partial charge in [0.1, 0.15) is 0 Å². The number of halogens is 2. The topological polar surface area (TPSA) is 38.0 Å². The van der Waals surface area contributed by atoms with Crippen molar-refractivity contribution in [1.82, 2.24) is 5.32 Å². The first-order valence-electron chi connectivity index (χ1n) is 7.27. The van der Waals surface area contributed by atoms with Gasteiger partial charge in [-0.1, -0.05) is 35.3 Å². The highest BCUT2D eigenvalue weighted by Gasteiger charge is 2.28. The van der Waals surface area contributed by atoms with Gasteiger partial charge in [-0.2, -0.15) is 0 Å². The molecule has 0 heterocycles. The van der Waals surface area contributed by atoms with Crippen LogP contribution in [0.3, 0.4) is 0 Å². The third kappa shape index (κ3) is 3.01. The number of hydrogen-bond donors (Lipinski definition) is 2. The molecule has 2 unspecified atom stereocenters. The molecule has 0 aromatic heterocycles. The van der Waals surface area contributed by atoms with Crippen molar-refractivity contribution in [3.63, 3.8) is 0 Å². The lowest BCUT2D eigenvalue weighted by Gasteiger charge is -2.32. The van der Waals surface area contributed by atoms with E-state index < -0.39 is 0 Å². The van der Waals surface area contributed by atoms with Crippen molar-refractivity contribution in [3.05, 3.63) is 63.1 Å². The molecule has 0 amide bonds. The number of nitrogens with one attached hydrogen (secondary N) is 1. The van der Waals surface area contributed by atoms with Gasteiger partial charge in [0.25, 0.3) is 0 Å². The second-order valence-corrected chi connectivity index (χ2v) is 7.07. The van der Waals surface area contributed by atoms with Crippen LogP contribution in [0.15, 0.2) is 41.3 Å². The van der Waals surface area contributed by atoms with Crippen LogP contribution in [0.25, 0.3) is 0 Å². The largest absolute Gasteiger partial charge is 0.313 e. The standard InChI is InChI=1S/C17H18Cl2N2S/c1-21-17-7-5-12(10-2-6-15(18)16(19)8-10)13-4-3-11(22-20)9-14(13)17/h2-4,6,8-9,12,17,21H,5,7,20H2,1H3. The minimum atomic E-state index is 0.353. The van der Waals surface area contributed by atoms with E-state index in [1.165, 1.54) is 28.6 Å². The summed E-state index contributed by atoms with van der Waals surface area (Å²) >= 11 is 13.5. The van der Waals surface area contributed by atoms with Gasteiger partial charge in [0.15, 0.2) is 0 Å². The Morgan fingerprint density at radius 2 is 1.86 bits per heavy atom. The third-order valence-corrected chi connectivity index (χ3v) is 5.65. The van der Waals surface area contributed by atoms with E-state index in [9.17, 15) is 0 Å². The summed E-state index contributed by atoms with van der Waals surface area (Å²) < 4.78 is 0. The van der Waals surface area contributed by atoms with Crippen LogP contribution in [0.4, 0.5) is 0 Å². The molecular formula is C17H18Cl2N2S. The van der Waals surface area contributed by atoms with E-state index in [2.05, 4.69) is 29.6 Å². The van der Waals surface area contributed by atoms with Gasteiger partial charge >= 0.3 is 0 Å². The Bertz CT molecular complexity index is 690. The van der Waals surface area contributed by atoms with Crippen LogP contribution in [0.5, 0.6) is 0 Å². The van der Waals surface area contributed by atoms with Gasteiger partial charge in [0.05, 0.1) is 10.0 Å². The van der Waals surface area contributed by atoms with Crippen molar-refractivity contribution in [3.8, 4) is 0 Å². The molecule has 3 rings (SSSR count). The smallest absolute Gasteiger partial charge is 0.0595 e. The van der Waals surface area contributed by atoms with E-state index in [-0.39, 0.29) is 0 Å². The molecule has 3 N–H and O–H groups in total. The average Bonchev–Trinajstić information content (AvgIpc) is 2.55. The highest BCUT2D eigenvalue weighted by Crippen LogP contribution is 2.43. The van der Waals surface area contributed by atoms with E-state index in [0.717, 1.165) is 17.7 Å². The number of nitrogens with two attached hydrogens (primary N) is 1. The average molecular weight is 353 g/mol. The Hall–Kier alpha value is -0.710. The molecule has 0 saturated heterocycles. The molecule has 2 nitrogen and oxygen atoms in total. The Labute approximate surface area is 145 Å². The molecule has 0 spiro atoms. The van der Waals surface area contributed by atoms with Crippen molar-refractivity contribution in [2.75, 3.05) is 7.05 Å². The van der Waals surface area contributed by atoms with Crippen molar-refractivity contribution in [1.29, 1.82) is 0 Å². The summed E-state index contributed by atoms with van der Waals surface area (Å²) in [4.78, 5) is 1.09. The minimum absolute atomic E-state index is 0.353. The van der Waals surface area contributed by atoms with Crippen LogP contribution in [-0.4, -0.2) is 7.05 Å².